The Morgan fingerprint density at radius 2 is 1.88 bits per heavy atom. The number of halogens is 3. The molecule has 0 radical (unpaired) electrons. The van der Waals surface area contributed by atoms with E-state index >= 15 is 0 Å². The molecule has 0 spiro atoms. The number of ether oxygens (including phenoxy) is 2. The fourth-order valence-electron chi connectivity index (χ4n) is 3.21. The molecule has 0 bridgehead atoms. The van der Waals surface area contributed by atoms with Gasteiger partial charge in [-0.3, -0.25) is 14.2 Å². The van der Waals surface area contributed by atoms with Gasteiger partial charge >= 0.3 is 6.18 Å². The summed E-state index contributed by atoms with van der Waals surface area (Å²) >= 11 is 0. The lowest BCUT2D eigenvalue weighted by molar-refractivity contribution is -0.137. The number of carbonyl (C=O) groups excluding carboxylic acids is 1. The van der Waals surface area contributed by atoms with E-state index in [1.165, 1.54) is 37.2 Å². The average Bonchev–Trinajstić information content (AvgIpc) is 2.82. The number of amides is 1. The molecular weight excluding hydrogens is 451 g/mol. The van der Waals surface area contributed by atoms with Crippen LogP contribution in [0.5, 0.6) is 11.5 Å². The molecular formula is C24H22F3N3O4. The Morgan fingerprint density at radius 1 is 1.15 bits per heavy atom. The van der Waals surface area contributed by atoms with Crippen LogP contribution in [-0.2, 0) is 17.5 Å². The zero-order valence-corrected chi connectivity index (χ0v) is 18.5. The Balaban J connectivity index is 1.53. The van der Waals surface area contributed by atoms with Crippen molar-refractivity contribution < 1.29 is 27.4 Å². The van der Waals surface area contributed by atoms with Gasteiger partial charge in [0.15, 0.2) is 11.5 Å². The molecule has 0 unspecified atom stereocenters. The Hall–Kier alpha value is -4.00. The van der Waals surface area contributed by atoms with Gasteiger partial charge in [0, 0.05) is 24.6 Å². The standard InChI is InChI=1S/C24H22F3N3O4/c1-33-20-13-18-19(14-21(20)34-2)29-15-30(23(18)32)11-5-9-22(31)28-10-4-7-16-6-3-8-17(12-16)24(25,26)27/h3,6,8,12-15H,5,9-11H2,1-2H3,(H,28,31). The third-order valence-electron chi connectivity index (χ3n) is 4.93. The number of rotatable bonds is 7. The van der Waals surface area contributed by atoms with Gasteiger partial charge < -0.3 is 14.8 Å². The van der Waals surface area contributed by atoms with E-state index < -0.39 is 11.7 Å². The number of aryl methyl sites for hydroxylation is 1. The van der Waals surface area contributed by atoms with Crippen molar-refractivity contribution >= 4 is 16.8 Å². The predicted molar refractivity (Wildman–Crippen MR) is 120 cm³/mol. The molecule has 0 saturated carbocycles. The van der Waals surface area contributed by atoms with Crippen molar-refractivity contribution in [2.45, 2.75) is 25.6 Å². The minimum absolute atomic E-state index is 0.00577. The SMILES string of the molecule is COc1cc2ncn(CCCC(=O)NCC#Cc3cccc(C(F)(F)F)c3)c(=O)c2cc1OC. The topological polar surface area (TPSA) is 82.5 Å². The van der Waals surface area contributed by atoms with E-state index in [0.29, 0.717) is 28.8 Å². The van der Waals surface area contributed by atoms with Gasteiger partial charge in [-0.05, 0) is 30.7 Å². The summed E-state index contributed by atoms with van der Waals surface area (Å²) in [5.74, 6) is 5.82. The zero-order valence-electron chi connectivity index (χ0n) is 18.5. The molecule has 1 heterocycles. The third-order valence-corrected chi connectivity index (χ3v) is 4.93. The molecule has 7 nitrogen and oxygen atoms in total. The molecule has 3 rings (SSSR count). The van der Waals surface area contributed by atoms with Crippen LogP contribution in [0.15, 0.2) is 47.5 Å². The smallest absolute Gasteiger partial charge is 0.416 e. The summed E-state index contributed by atoms with van der Waals surface area (Å²) in [7, 11) is 2.97. The van der Waals surface area contributed by atoms with Gasteiger partial charge in [0.05, 0.1) is 43.6 Å². The Bertz CT molecular complexity index is 1310. The first kappa shape index (κ1) is 24.6. The second-order valence-electron chi connectivity index (χ2n) is 7.23. The minimum atomic E-state index is -4.44. The van der Waals surface area contributed by atoms with Gasteiger partial charge in [0.2, 0.25) is 5.91 Å². The summed E-state index contributed by atoms with van der Waals surface area (Å²) in [6, 6.07) is 7.85. The average molecular weight is 473 g/mol. The molecule has 1 N–H and O–H groups in total. The van der Waals surface area contributed by atoms with Crippen LogP contribution < -0.4 is 20.3 Å². The van der Waals surface area contributed by atoms with E-state index in [1.54, 1.807) is 12.1 Å². The van der Waals surface area contributed by atoms with E-state index in [9.17, 15) is 22.8 Å². The third kappa shape index (κ3) is 6.07. The molecule has 0 atom stereocenters. The molecule has 1 amide bonds. The molecule has 0 aliphatic carbocycles. The second kappa shape index (κ2) is 10.7. The maximum absolute atomic E-state index is 12.7. The normalized spacial score (nSPS) is 11.0. The largest absolute Gasteiger partial charge is 0.493 e. The van der Waals surface area contributed by atoms with E-state index in [-0.39, 0.29) is 36.5 Å². The van der Waals surface area contributed by atoms with Crippen molar-refractivity contribution in [2.75, 3.05) is 20.8 Å². The maximum Gasteiger partial charge on any atom is 0.416 e. The highest BCUT2D eigenvalue weighted by atomic mass is 19.4. The highest BCUT2D eigenvalue weighted by molar-refractivity contribution is 5.81. The van der Waals surface area contributed by atoms with Gasteiger partial charge in [-0.25, -0.2) is 4.98 Å². The van der Waals surface area contributed by atoms with Crippen molar-refractivity contribution in [3.8, 4) is 23.3 Å². The lowest BCUT2D eigenvalue weighted by atomic mass is 10.1. The van der Waals surface area contributed by atoms with E-state index in [1.807, 2.05) is 0 Å². The van der Waals surface area contributed by atoms with E-state index in [4.69, 9.17) is 9.47 Å². The van der Waals surface area contributed by atoms with Crippen molar-refractivity contribution in [1.82, 2.24) is 14.9 Å². The number of nitrogens with one attached hydrogen (secondary N) is 1. The van der Waals surface area contributed by atoms with Crippen molar-refractivity contribution in [1.29, 1.82) is 0 Å². The van der Waals surface area contributed by atoms with Gasteiger partial charge in [-0.15, -0.1) is 0 Å². The first-order valence-corrected chi connectivity index (χ1v) is 10.3. The number of alkyl halides is 3. The first-order valence-electron chi connectivity index (χ1n) is 10.3. The number of fused-ring (bicyclic) bond motifs is 1. The van der Waals surface area contributed by atoms with Gasteiger partial charge in [0.25, 0.3) is 5.56 Å². The van der Waals surface area contributed by atoms with Gasteiger partial charge in [0.1, 0.15) is 0 Å². The number of nitrogens with zero attached hydrogens (tertiary/aromatic N) is 2. The van der Waals surface area contributed by atoms with Crippen LogP contribution in [-0.4, -0.2) is 36.2 Å². The van der Waals surface area contributed by atoms with Crippen LogP contribution in [0.25, 0.3) is 10.9 Å². The molecule has 1 aromatic heterocycles. The molecule has 0 aliphatic heterocycles. The summed E-state index contributed by atoms with van der Waals surface area (Å²) in [5, 5.41) is 2.96. The van der Waals surface area contributed by atoms with Crippen LogP contribution in [0, 0.1) is 11.8 Å². The Labute approximate surface area is 193 Å². The molecule has 3 aromatic rings. The Morgan fingerprint density at radius 3 is 2.59 bits per heavy atom. The number of methoxy groups -OCH3 is 2. The van der Waals surface area contributed by atoms with E-state index in [0.717, 1.165) is 12.1 Å². The molecule has 34 heavy (non-hydrogen) atoms. The van der Waals surface area contributed by atoms with Crippen LogP contribution in [0.3, 0.4) is 0 Å². The number of carbonyl (C=O) groups is 1. The van der Waals surface area contributed by atoms with Crippen molar-refractivity contribution in [3.63, 3.8) is 0 Å². The Kier molecular flexibility index (Phi) is 7.79. The fourth-order valence-corrected chi connectivity index (χ4v) is 3.21. The van der Waals surface area contributed by atoms with Crippen molar-refractivity contribution in [2.24, 2.45) is 0 Å². The minimum Gasteiger partial charge on any atom is -0.493 e. The van der Waals surface area contributed by atoms with Crippen LogP contribution >= 0.6 is 0 Å². The molecule has 0 aliphatic rings. The fraction of sp³-hybridized carbons (Fsp3) is 0.292. The second-order valence-corrected chi connectivity index (χ2v) is 7.23. The lowest BCUT2D eigenvalue weighted by Gasteiger charge is -2.10. The summed E-state index contributed by atoms with van der Waals surface area (Å²) in [6.07, 6.45) is -2.50. The molecule has 178 valence electrons. The van der Waals surface area contributed by atoms with Crippen molar-refractivity contribution in [3.05, 3.63) is 64.2 Å². The van der Waals surface area contributed by atoms with E-state index in [2.05, 4.69) is 22.1 Å². The summed E-state index contributed by atoms with van der Waals surface area (Å²) < 4.78 is 50.0. The monoisotopic (exact) mass is 473 g/mol. The number of hydrogen-bond acceptors (Lipinski definition) is 5. The van der Waals surface area contributed by atoms with Crippen LogP contribution in [0.2, 0.25) is 0 Å². The maximum atomic E-state index is 12.7. The predicted octanol–water partition coefficient (Wildman–Crippen LogP) is 3.38. The first-order chi connectivity index (χ1) is 16.2. The summed E-state index contributed by atoms with van der Waals surface area (Å²) in [4.78, 5) is 29.0. The quantitative estimate of drug-likeness (QED) is 0.532. The zero-order chi connectivity index (χ0) is 24.7. The summed E-state index contributed by atoms with van der Waals surface area (Å²) in [5.41, 5.74) is -0.366. The van der Waals surface area contributed by atoms with Crippen LogP contribution in [0.1, 0.15) is 24.0 Å². The van der Waals surface area contributed by atoms with Gasteiger partial charge in [-0.2, -0.15) is 13.2 Å². The molecule has 10 heteroatoms. The number of hydrogen-bond donors (Lipinski definition) is 1. The molecule has 2 aromatic carbocycles. The molecule has 0 fully saturated rings. The lowest BCUT2D eigenvalue weighted by Crippen LogP contribution is -2.25. The molecule has 0 saturated heterocycles. The van der Waals surface area contributed by atoms with Crippen LogP contribution in [0.4, 0.5) is 13.2 Å². The number of benzene rings is 2. The highest BCUT2D eigenvalue weighted by Crippen LogP contribution is 2.30. The summed E-state index contributed by atoms with van der Waals surface area (Å²) in [6.45, 7) is 0.271. The van der Waals surface area contributed by atoms with Gasteiger partial charge in [-0.1, -0.05) is 17.9 Å². The highest BCUT2D eigenvalue weighted by Gasteiger charge is 2.30. The number of aromatic nitrogens is 2.